The molecule has 1 unspecified atom stereocenters. The van der Waals surface area contributed by atoms with E-state index in [1.165, 1.54) is 0 Å². The van der Waals surface area contributed by atoms with Crippen LogP contribution in [0.5, 0.6) is 0 Å². The Hall–Kier alpha value is -1.50. The minimum absolute atomic E-state index is 0.0939. The molecule has 3 atom stereocenters. The number of nitrogens with two attached hydrogens (primary N) is 1. The Bertz CT molecular complexity index is 388. The third-order valence-electron chi connectivity index (χ3n) is 3.19. The van der Waals surface area contributed by atoms with Crippen LogP contribution in [0, 0.1) is 0 Å². The number of carbonyl (C=O) groups excluding carboxylic acids is 2. The molecular formula is C16H31N3O4. The fourth-order valence-corrected chi connectivity index (χ4v) is 2.55. The second-order valence-electron chi connectivity index (χ2n) is 8.15. The van der Waals surface area contributed by atoms with E-state index in [2.05, 4.69) is 10.6 Å². The van der Waals surface area contributed by atoms with Gasteiger partial charge in [0.25, 0.3) is 0 Å². The highest BCUT2D eigenvalue weighted by Crippen LogP contribution is 2.19. The molecule has 0 aliphatic heterocycles. The molecule has 0 radical (unpaired) electrons. The van der Waals surface area contributed by atoms with E-state index >= 15 is 0 Å². The summed E-state index contributed by atoms with van der Waals surface area (Å²) in [5, 5.41) is 5.65. The smallest absolute Gasteiger partial charge is 0.407 e. The quantitative estimate of drug-likeness (QED) is 0.721. The van der Waals surface area contributed by atoms with Crippen LogP contribution in [0.1, 0.15) is 60.8 Å². The molecule has 1 saturated carbocycles. The third kappa shape index (κ3) is 8.64. The summed E-state index contributed by atoms with van der Waals surface area (Å²) in [5.74, 6) is 0. The van der Waals surface area contributed by atoms with Gasteiger partial charge in [0.15, 0.2) is 0 Å². The van der Waals surface area contributed by atoms with E-state index in [9.17, 15) is 9.59 Å². The van der Waals surface area contributed by atoms with E-state index in [0.717, 1.165) is 0 Å². The van der Waals surface area contributed by atoms with Gasteiger partial charge >= 0.3 is 12.2 Å². The molecule has 0 bridgehead atoms. The maximum atomic E-state index is 11.9. The summed E-state index contributed by atoms with van der Waals surface area (Å²) in [6.45, 7) is 10.9. The van der Waals surface area contributed by atoms with Gasteiger partial charge in [-0.3, -0.25) is 0 Å². The van der Waals surface area contributed by atoms with Gasteiger partial charge in [-0.15, -0.1) is 0 Å². The molecule has 2 amide bonds. The molecule has 0 heterocycles. The average Bonchev–Trinajstić information content (AvgIpc) is 2.20. The van der Waals surface area contributed by atoms with Crippen LogP contribution in [-0.4, -0.2) is 41.5 Å². The number of amides is 2. The van der Waals surface area contributed by atoms with Gasteiger partial charge < -0.3 is 25.8 Å². The maximum absolute atomic E-state index is 11.9. The van der Waals surface area contributed by atoms with Crippen LogP contribution in [0.15, 0.2) is 0 Å². The molecule has 0 aromatic rings. The van der Waals surface area contributed by atoms with Gasteiger partial charge in [0.1, 0.15) is 11.2 Å². The SMILES string of the molecule is CC(C)(C)OC(=O)N[C@@H]1CC(N)C[C@H](NC(=O)OC(C)(C)C)C1. The highest BCUT2D eigenvalue weighted by Gasteiger charge is 2.31. The van der Waals surface area contributed by atoms with Gasteiger partial charge in [0.2, 0.25) is 0 Å². The molecule has 7 heteroatoms. The lowest BCUT2D eigenvalue weighted by atomic mass is 9.87. The third-order valence-corrected chi connectivity index (χ3v) is 3.19. The number of ether oxygens (including phenoxy) is 2. The van der Waals surface area contributed by atoms with Crippen LogP contribution in [0.3, 0.4) is 0 Å². The summed E-state index contributed by atoms with van der Waals surface area (Å²) in [7, 11) is 0. The van der Waals surface area contributed by atoms with Gasteiger partial charge in [-0.25, -0.2) is 9.59 Å². The lowest BCUT2D eigenvalue weighted by molar-refractivity contribution is 0.0457. The summed E-state index contributed by atoms with van der Waals surface area (Å²) in [4.78, 5) is 23.7. The van der Waals surface area contributed by atoms with E-state index in [1.54, 1.807) is 0 Å². The maximum Gasteiger partial charge on any atom is 0.407 e. The van der Waals surface area contributed by atoms with Crippen LogP contribution in [0.25, 0.3) is 0 Å². The van der Waals surface area contributed by atoms with Crippen molar-refractivity contribution in [3.05, 3.63) is 0 Å². The Kier molecular flexibility index (Phi) is 6.27. The number of rotatable bonds is 2. The predicted octanol–water partition coefficient (Wildman–Crippen LogP) is 2.28. The number of carbonyl (C=O) groups is 2. The van der Waals surface area contributed by atoms with Gasteiger partial charge in [-0.2, -0.15) is 0 Å². The summed E-state index contributed by atoms with van der Waals surface area (Å²) >= 11 is 0. The van der Waals surface area contributed by atoms with Crippen molar-refractivity contribution in [3.8, 4) is 0 Å². The number of hydrogen-bond donors (Lipinski definition) is 3. The van der Waals surface area contributed by atoms with E-state index in [1.807, 2.05) is 41.5 Å². The average molecular weight is 329 g/mol. The van der Waals surface area contributed by atoms with Crippen LogP contribution >= 0.6 is 0 Å². The van der Waals surface area contributed by atoms with Gasteiger partial charge in [-0.1, -0.05) is 0 Å². The molecule has 0 spiro atoms. The van der Waals surface area contributed by atoms with Gasteiger partial charge in [0.05, 0.1) is 0 Å². The topological polar surface area (TPSA) is 103 Å². The van der Waals surface area contributed by atoms with Gasteiger partial charge in [0, 0.05) is 18.1 Å². The number of alkyl carbamates (subject to hydrolysis) is 2. The first-order valence-electron chi connectivity index (χ1n) is 8.08. The van der Waals surface area contributed by atoms with Crippen molar-refractivity contribution in [1.29, 1.82) is 0 Å². The zero-order valence-corrected chi connectivity index (χ0v) is 15.1. The van der Waals surface area contributed by atoms with Crippen molar-refractivity contribution in [1.82, 2.24) is 10.6 Å². The van der Waals surface area contributed by atoms with Crippen molar-refractivity contribution < 1.29 is 19.1 Å². The van der Waals surface area contributed by atoms with Gasteiger partial charge in [-0.05, 0) is 60.8 Å². The Morgan fingerprint density at radius 3 is 1.48 bits per heavy atom. The minimum Gasteiger partial charge on any atom is -0.444 e. The first-order valence-corrected chi connectivity index (χ1v) is 8.08. The van der Waals surface area contributed by atoms with Crippen molar-refractivity contribution in [2.45, 2.75) is 90.1 Å². The van der Waals surface area contributed by atoms with Crippen molar-refractivity contribution >= 4 is 12.2 Å². The van der Waals surface area contributed by atoms with E-state index in [4.69, 9.17) is 15.2 Å². The minimum atomic E-state index is -0.547. The number of hydrogen-bond acceptors (Lipinski definition) is 5. The molecule has 0 aromatic heterocycles. The zero-order chi connectivity index (χ0) is 17.8. The summed E-state index contributed by atoms with van der Waals surface area (Å²) in [6.07, 6.45) is 0.990. The fraction of sp³-hybridized carbons (Fsp3) is 0.875. The first kappa shape index (κ1) is 19.5. The summed E-state index contributed by atoms with van der Waals surface area (Å²) < 4.78 is 10.5. The Balaban J connectivity index is 2.52. The normalized spacial score (nSPS) is 25.4. The molecule has 1 rings (SSSR count). The largest absolute Gasteiger partial charge is 0.444 e. The lowest BCUT2D eigenvalue weighted by Crippen LogP contribution is -2.52. The summed E-state index contributed by atoms with van der Waals surface area (Å²) in [6, 6.07) is -0.356. The van der Waals surface area contributed by atoms with Crippen molar-refractivity contribution in [3.63, 3.8) is 0 Å². The van der Waals surface area contributed by atoms with Crippen LogP contribution in [-0.2, 0) is 9.47 Å². The molecule has 0 saturated heterocycles. The highest BCUT2D eigenvalue weighted by molar-refractivity contribution is 5.69. The first-order chi connectivity index (χ1) is 10.3. The second kappa shape index (κ2) is 7.38. The molecule has 1 aliphatic carbocycles. The van der Waals surface area contributed by atoms with Crippen LogP contribution < -0.4 is 16.4 Å². The zero-order valence-electron chi connectivity index (χ0n) is 15.1. The van der Waals surface area contributed by atoms with Crippen molar-refractivity contribution in [2.75, 3.05) is 0 Å². The van der Waals surface area contributed by atoms with E-state index in [-0.39, 0.29) is 18.1 Å². The standard InChI is InChI=1S/C16H31N3O4/c1-15(2,3)22-13(20)18-11-7-10(17)8-12(9-11)19-14(21)23-16(4,5)6/h10-12H,7-9,17H2,1-6H3,(H,18,20)(H,19,21)/t10?,11-,12+. The molecule has 0 aromatic carbocycles. The highest BCUT2D eigenvalue weighted by atomic mass is 16.6. The molecular weight excluding hydrogens is 298 g/mol. The molecule has 4 N–H and O–H groups in total. The molecule has 134 valence electrons. The lowest BCUT2D eigenvalue weighted by Gasteiger charge is -2.34. The molecule has 7 nitrogen and oxygen atoms in total. The van der Waals surface area contributed by atoms with Crippen LogP contribution in [0.2, 0.25) is 0 Å². The molecule has 1 fully saturated rings. The molecule has 23 heavy (non-hydrogen) atoms. The Morgan fingerprint density at radius 2 is 1.17 bits per heavy atom. The monoisotopic (exact) mass is 329 g/mol. The van der Waals surface area contributed by atoms with Crippen molar-refractivity contribution in [2.24, 2.45) is 5.73 Å². The fourth-order valence-electron chi connectivity index (χ4n) is 2.55. The number of nitrogens with one attached hydrogen (secondary N) is 2. The molecule has 1 aliphatic rings. The second-order valence-corrected chi connectivity index (χ2v) is 8.15. The Labute approximate surface area is 138 Å². The van der Waals surface area contributed by atoms with Crippen LogP contribution in [0.4, 0.5) is 9.59 Å². The van der Waals surface area contributed by atoms with E-state index < -0.39 is 23.4 Å². The van der Waals surface area contributed by atoms with E-state index in [0.29, 0.717) is 19.3 Å². The Morgan fingerprint density at radius 1 is 0.826 bits per heavy atom. The predicted molar refractivity (Wildman–Crippen MR) is 88.1 cm³/mol. The summed E-state index contributed by atoms with van der Waals surface area (Å²) in [5.41, 5.74) is 4.94.